The van der Waals surface area contributed by atoms with Gasteiger partial charge >= 0.3 is 0 Å². The Morgan fingerprint density at radius 3 is 2.00 bits per heavy atom. The molecule has 0 aliphatic heterocycles. The molecule has 0 heterocycles. The van der Waals surface area contributed by atoms with Gasteiger partial charge in [-0.2, -0.15) is 0 Å². The molecule has 1 N–H and O–H groups in total. The third kappa shape index (κ3) is 5.28. The predicted molar refractivity (Wildman–Crippen MR) is 114 cm³/mol. The third-order valence-electron chi connectivity index (χ3n) is 4.41. The quantitative estimate of drug-likeness (QED) is 0.520. The lowest BCUT2D eigenvalue weighted by Gasteiger charge is -2.24. The molecular weight excluding hydrogens is 422 g/mol. The van der Waals surface area contributed by atoms with Gasteiger partial charge in [0.1, 0.15) is 0 Å². The highest BCUT2D eigenvalue weighted by Gasteiger charge is 2.27. The van der Waals surface area contributed by atoms with E-state index in [-0.39, 0.29) is 15.8 Å². The van der Waals surface area contributed by atoms with Crippen molar-refractivity contribution in [2.75, 3.05) is 0 Å². The number of hydrogen-bond donors (Lipinski definition) is 1. The van der Waals surface area contributed by atoms with Crippen LogP contribution in [0.5, 0.6) is 0 Å². The summed E-state index contributed by atoms with van der Waals surface area (Å²) in [4.78, 5) is 0.123. The summed E-state index contributed by atoms with van der Waals surface area (Å²) in [7, 11) is -3.63. The fraction of sp³-hybridized carbons (Fsp3) is 0.182. The summed E-state index contributed by atoms with van der Waals surface area (Å²) in [5.41, 5.74) is 3.14. The smallest absolute Gasteiger partial charge is 0.207 e. The maximum atomic E-state index is 12.9. The Balaban J connectivity index is 1.90. The van der Waals surface area contributed by atoms with E-state index in [1.807, 2.05) is 79.7 Å². The third-order valence-corrected chi connectivity index (χ3v) is 7.08. The Hall–Kier alpha value is -1.95. The summed E-state index contributed by atoms with van der Waals surface area (Å²) in [6.45, 7) is 1.94. The molecule has 3 aromatic carbocycles. The van der Waals surface area contributed by atoms with Crippen molar-refractivity contribution < 1.29 is 8.42 Å². The predicted octanol–water partition coefficient (Wildman–Crippen LogP) is 5.02. The van der Waals surface area contributed by atoms with Gasteiger partial charge in [-0.25, -0.2) is 13.1 Å². The molecule has 0 spiro atoms. The van der Waals surface area contributed by atoms with Crippen molar-refractivity contribution >= 4 is 26.0 Å². The molecule has 3 rings (SSSR count). The summed E-state index contributed by atoms with van der Waals surface area (Å²) in [5.74, 6) is 0. The van der Waals surface area contributed by atoms with Crippen molar-refractivity contribution in [3.05, 3.63) is 102 Å². The first-order chi connectivity index (χ1) is 13.0. The molecule has 2 atom stereocenters. The van der Waals surface area contributed by atoms with Gasteiger partial charge < -0.3 is 0 Å². The van der Waals surface area contributed by atoms with Gasteiger partial charge in [0.25, 0.3) is 0 Å². The minimum Gasteiger partial charge on any atom is -0.207 e. The molecule has 0 radical (unpaired) electrons. The number of hydrogen-bond acceptors (Lipinski definition) is 2. The number of sulfonamides is 1. The molecule has 5 heteroatoms. The molecule has 3 nitrogen and oxygen atoms in total. The van der Waals surface area contributed by atoms with Crippen LogP contribution >= 0.6 is 15.9 Å². The molecule has 3 aromatic rings. The van der Waals surface area contributed by atoms with Gasteiger partial charge in [0.05, 0.1) is 9.72 Å². The first kappa shape index (κ1) is 19.8. The van der Waals surface area contributed by atoms with E-state index >= 15 is 0 Å². The number of aryl methyl sites for hydroxylation is 1. The lowest BCUT2D eigenvalue weighted by atomic mass is 10.00. The van der Waals surface area contributed by atoms with Crippen molar-refractivity contribution in [2.24, 2.45) is 0 Å². The fourth-order valence-corrected chi connectivity index (χ4v) is 4.97. The number of nitrogens with one attached hydrogen (secondary N) is 1. The van der Waals surface area contributed by atoms with Crippen molar-refractivity contribution in [2.45, 2.75) is 29.1 Å². The first-order valence-electron chi connectivity index (χ1n) is 8.78. The number of alkyl halides is 1. The lowest BCUT2D eigenvalue weighted by Crippen LogP contribution is -2.39. The normalized spacial score (nSPS) is 13.9. The van der Waals surface area contributed by atoms with E-state index in [4.69, 9.17) is 0 Å². The Morgan fingerprint density at radius 1 is 0.852 bits per heavy atom. The summed E-state index contributed by atoms with van der Waals surface area (Å²) in [5, 5.41) is 0. The van der Waals surface area contributed by atoms with Gasteiger partial charge in [-0.15, -0.1) is 0 Å². The fourth-order valence-electron chi connectivity index (χ4n) is 2.93. The molecule has 0 unspecified atom stereocenters. The highest BCUT2D eigenvalue weighted by atomic mass is 79.9. The zero-order valence-corrected chi connectivity index (χ0v) is 17.4. The second kappa shape index (κ2) is 8.83. The second-order valence-corrected chi connectivity index (χ2v) is 9.24. The average Bonchev–Trinajstić information content (AvgIpc) is 2.68. The zero-order valence-electron chi connectivity index (χ0n) is 15.0. The van der Waals surface area contributed by atoms with E-state index in [2.05, 4.69) is 20.7 Å². The number of benzene rings is 3. The number of halogens is 1. The van der Waals surface area contributed by atoms with Crippen LogP contribution in [0.15, 0.2) is 89.8 Å². The molecule has 0 saturated heterocycles. The largest absolute Gasteiger partial charge is 0.240 e. The monoisotopic (exact) mass is 443 g/mol. The van der Waals surface area contributed by atoms with E-state index in [1.54, 1.807) is 12.1 Å². The summed E-state index contributed by atoms with van der Waals surface area (Å²) >= 11 is 3.72. The van der Waals surface area contributed by atoms with Crippen LogP contribution in [-0.4, -0.2) is 14.5 Å². The molecule has 0 aliphatic rings. The van der Waals surface area contributed by atoms with Crippen molar-refractivity contribution in [3.63, 3.8) is 0 Å². The summed E-state index contributed by atoms with van der Waals surface area (Å²) in [6, 6.07) is 26.3. The number of rotatable bonds is 7. The van der Waals surface area contributed by atoms with Gasteiger partial charge in [0.2, 0.25) is 10.0 Å². The maximum absolute atomic E-state index is 12.9. The molecule has 140 valence electrons. The van der Waals surface area contributed by atoms with Gasteiger partial charge in [0.15, 0.2) is 0 Å². The first-order valence-corrected chi connectivity index (χ1v) is 11.2. The molecule has 0 amide bonds. The Kier molecular flexibility index (Phi) is 6.47. The van der Waals surface area contributed by atoms with Gasteiger partial charge in [-0.05, 0) is 36.6 Å². The van der Waals surface area contributed by atoms with Crippen LogP contribution in [0.4, 0.5) is 0 Å². The van der Waals surface area contributed by atoms with E-state index in [0.717, 1.165) is 16.7 Å². The maximum Gasteiger partial charge on any atom is 0.240 e. The Morgan fingerprint density at radius 2 is 1.41 bits per heavy atom. The minimum absolute atomic E-state index is 0.154. The standard InChI is InChI=1S/C22H22BrNO2S/c1-17-12-14-20(15-13-17)27(25,26)24-21(16-18-8-4-2-5-9-18)22(23)19-10-6-3-7-11-19/h2-15,21-22,24H,16H2,1H3/t21-,22+/m1/s1. The van der Waals surface area contributed by atoms with Crippen LogP contribution in [-0.2, 0) is 16.4 Å². The van der Waals surface area contributed by atoms with E-state index in [0.29, 0.717) is 6.42 Å². The second-order valence-electron chi connectivity index (χ2n) is 6.54. The van der Waals surface area contributed by atoms with E-state index < -0.39 is 10.0 Å². The van der Waals surface area contributed by atoms with Gasteiger partial charge in [0, 0.05) is 6.04 Å². The molecule has 0 aromatic heterocycles. The molecule has 0 aliphatic carbocycles. The van der Waals surface area contributed by atoms with Gasteiger partial charge in [-0.1, -0.05) is 94.3 Å². The van der Waals surface area contributed by atoms with Crippen molar-refractivity contribution in [1.82, 2.24) is 4.72 Å². The van der Waals surface area contributed by atoms with Crippen LogP contribution in [0.25, 0.3) is 0 Å². The van der Waals surface area contributed by atoms with Crippen LogP contribution < -0.4 is 4.72 Å². The van der Waals surface area contributed by atoms with Crippen LogP contribution in [0, 0.1) is 6.92 Å². The molecular formula is C22H22BrNO2S. The SMILES string of the molecule is Cc1ccc(S(=O)(=O)N[C@H](Cc2ccccc2)[C@@H](Br)c2ccccc2)cc1. The highest BCUT2D eigenvalue weighted by molar-refractivity contribution is 9.09. The summed E-state index contributed by atoms with van der Waals surface area (Å²) < 4.78 is 28.8. The van der Waals surface area contributed by atoms with Gasteiger partial charge in [-0.3, -0.25) is 0 Å². The minimum atomic E-state index is -3.63. The lowest BCUT2D eigenvalue weighted by molar-refractivity contribution is 0.541. The Bertz CT molecular complexity index is 958. The van der Waals surface area contributed by atoms with Crippen LogP contribution in [0.1, 0.15) is 21.5 Å². The molecule has 27 heavy (non-hydrogen) atoms. The molecule has 0 saturated carbocycles. The topological polar surface area (TPSA) is 46.2 Å². The molecule has 0 bridgehead atoms. The zero-order chi connectivity index (χ0) is 19.3. The Labute approximate surface area is 169 Å². The highest BCUT2D eigenvalue weighted by Crippen LogP contribution is 2.29. The van der Waals surface area contributed by atoms with Crippen LogP contribution in [0.3, 0.4) is 0 Å². The van der Waals surface area contributed by atoms with E-state index in [9.17, 15) is 8.42 Å². The summed E-state index contributed by atoms with van der Waals surface area (Å²) in [6.07, 6.45) is 0.580. The molecule has 0 fully saturated rings. The van der Waals surface area contributed by atoms with Crippen molar-refractivity contribution in [1.29, 1.82) is 0 Å². The van der Waals surface area contributed by atoms with E-state index in [1.165, 1.54) is 0 Å². The average molecular weight is 444 g/mol. The van der Waals surface area contributed by atoms with Crippen LogP contribution in [0.2, 0.25) is 0 Å². The van der Waals surface area contributed by atoms with Crippen molar-refractivity contribution in [3.8, 4) is 0 Å².